The van der Waals surface area contributed by atoms with Crippen molar-refractivity contribution in [1.82, 2.24) is 10.3 Å². The van der Waals surface area contributed by atoms with Gasteiger partial charge in [-0.25, -0.2) is 0 Å². The number of carbonyl (C=O) groups excluding carboxylic acids is 1. The second kappa shape index (κ2) is 9.40. The average molecular weight is 368 g/mol. The van der Waals surface area contributed by atoms with E-state index in [-0.39, 0.29) is 11.9 Å². The van der Waals surface area contributed by atoms with E-state index >= 15 is 0 Å². The summed E-state index contributed by atoms with van der Waals surface area (Å²) >= 11 is 0. The van der Waals surface area contributed by atoms with Crippen molar-refractivity contribution >= 4 is 5.91 Å². The summed E-state index contributed by atoms with van der Waals surface area (Å²) in [4.78, 5) is 16.7. The molecule has 1 amide bonds. The molecule has 1 saturated carbocycles. The Morgan fingerprint density at radius 1 is 1.11 bits per heavy atom. The van der Waals surface area contributed by atoms with Gasteiger partial charge in [-0.1, -0.05) is 19.8 Å². The van der Waals surface area contributed by atoms with Crippen LogP contribution in [0, 0.1) is 5.92 Å². The lowest BCUT2D eigenvalue weighted by Gasteiger charge is -2.29. The molecule has 1 heterocycles. The molecule has 0 saturated heterocycles. The third kappa shape index (κ3) is 5.22. The van der Waals surface area contributed by atoms with Crippen molar-refractivity contribution in [3.8, 4) is 11.5 Å². The number of benzene rings is 1. The molecule has 0 spiro atoms. The number of rotatable bonds is 7. The Morgan fingerprint density at radius 2 is 1.89 bits per heavy atom. The van der Waals surface area contributed by atoms with E-state index in [4.69, 9.17) is 9.47 Å². The number of nitrogens with one attached hydrogen (secondary N) is 1. The molecular weight excluding hydrogens is 340 g/mol. The van der Waals surface area contributed by atoms with Gasteiger partial charge in [-0.2, -0.15) is 0 Å². The SMILES string of the molecule is CCOc1cc(C(=O)N[C@H]2CCCC[C@H]2C)ccc1OCc1ccncc1. The Morgan fingerprint density at radius 3 is 2.63 bits per heavy atom. The zero-order chi connectivity index (χ0) is 19.1. The molecule has 0 aliphatic heterocycles. The molecule has 27 heavy (non-hydrogen) atoms. The molecule has 1 fully saturated rings. The highest BCUT2D eigenvalue weighted by Crippen LogP contribution is 2.30. The Bertz CT molecular complexity index is 748. The van der Waals surface area contributed by atoms with Crippen LogP contribution in [0.3, 0.4) is 0 Å². The molecule has 1 aliphatic rings. The predicted octanol–water partition coefficient (Wildman–Crippen LogP) is 4.37. The zero-order valence-corrected chi connectivity index (χ0v) is 16.1. The molecule has 0 radical (unpaired) electrons. The topological polar surface area (TPSA) is 60.5 Å². The van der Waals surface area contributed by atoms with Crippen LogP contribution in [0.4, 0.5) is 0 Å². The lowest BCUT2D eigenvalue weighted by Crippen LogP contribution is -2.41. The first-order valence-electron chi connectivity index (χ1n) is 9.76. The van der Waals surface area contributed by atoms with Gasteiger partial charge in [0.05, 0.1) is 6.61 Å². The highest BCUT2D eigenvalue weighted by molar-refractivity contribution is 5.95. The van der Waals surface area contributed by atoms with E-state index in [1.165, 1.54) is 19.3 Å². The summed E-state index contributed by atoms with van der Waals surface area (Å²) in [5.74, 6) is 1.71. The third-order valence-corrected chi connectivity index (χ3v) is 5.08. The van der Waals surface area contributed by atoms with Crippen molar-refractivity contribution in [2.45, 2.75) is 52.2 Å². The van der Waals surface area contributed by atoms with Crippen LogP contribution in [0.5, 0.6) is 11.5 Å². The number of aromatic nitrogens is 1. The lowest BCUT2D eigenvalue weighted by molar-refractivity contribution is 0.0909. The summed E-state index contributed by atoms with van der Waals surface area (Å²) < 4.78 is 11.6. The molecule has 5 heteroatoms. The number of ether oxygens (including phenoxy) is 2. The molecule has 0 bridgehead atoms. The van der Waals surface area contributed by atoms with Gasteiger partial charge in [0.25, 0.3) is 5.91 Å². The molecule has 1 N–H and O–H groups in total. The number of nitrogens with zero attached hydrogens (tertiary/aromatic N) is 1. The van der Waals surface area contributed by atoms with E-state index in [1.807, 2.05) is 25.1 Å². The Labute approximate surface area is 161 Å². The van der Waals surface area contributed by atoms with E-state index in [0.29, 0.717) is 36.2 Å². The van der Waals surface area contributed by atoms with Crippen LogP contribution >= 0.6 is 0 Å². The maximum absolute atomic E-state index is 12.7. The van der Waals surface area contributed by atoms with Crippen LogP contribution < -0.4 is 14.8 Å². The number of pyridine rings is 1. The first kappa shape index (κ1) is 19.2. The van der Waals surface area contributed by atoms with Gasteiger partial charge >= 0.3 is 0 Å². The summed E-state index contributed by atoms with van der Waals surface area (Å²) in [5, 5.41) is 3.19. The second-order valence-corrected chi connectivity index (χ2v) is 7.08. The van der Waals surface area contributed by atoms with E-state index < -0.39 is 0 Å². The lowest BCUT2D eigenvalue weighted by atomic mass is 9.86. The smallest absolute Gasteiger partial charge is 0.251 e. The van der Waals surface area contributed by atoms with Crippen LogP contribution in [-0.2, 0) is 6.61 Å². The fourth-order valence-electron chi connectivity index (χ4n) is 3.46. The van der Waals surface area contributed by atoms with Crippen LogP contribution in [0.15, 0.2) is 42.7 Å². The Kier molecular flexibility index (Phi) is 6.69. The van der Waals surface area contributed by atoms with Gasteiger partial charge in [-0.05, 0) is 61.6 Å². The van der Waals surface area contributed by atoms with Crippen molar-refractivity contribution in [2.24, 2.45) is 5.92 Å². The minimum atomic E-state index is -0.0459. The largest absolute Gasteiger partial charge is 0.490 e. The molecule has 3 rings (SSSR count). The number of hydrogen-bond donors (Lipinski definition) is 1. The van der Waals surface area contributed by atoms with Crippen molar-refractivity contribution in [1.29, 1.82) is 0 Å². The van der Waals surface area contributed by atoms with Crippen molar-refractivity contribution in [3.63, 3.8) is 0 Å². The molecule has 1 aromatic carbocycles. The van der Waals surface area contributed by atoms with Crippen molar-refractivity contribution < 1.29 is 14.3 Å². The quantitative estimate of drug-likeness (QED) is 0.788. The molecule has 0 unspecified atom stereocenters. The first-order chi connectivity index (χ1) is 13.2. The fourth-order valence-corrected chi connectivity index (χ4v) is 3.46. The normalized spacial score (nSPS) is 19.3. The third-order valence-electron chi connectivity index (χ3n) is 5.08. The molecule has 1 aromatic heterocycles. The zero-order valence-electron chi connectivity index (χ0n) is 16.1. The summed E-state index contributed by atoms with van der Waals surface area (Å²) in [5.41, 5.74) is 1.63. The van der Waals surface area contributed by atoms with Crippen molar-refractivity contribution in [3.05, 3.63) is 53.9 Å². The van der Waals surface area contributed by atoms with Gasteiger partial charge in [-0.3, -0.25) is 9.78 Å². The van der Waals surface area contributed by atoms with Crippen LogP contribution in [0.1, 0.15) is 55.5 Å². The average Bonchev–Trinajstić information content (AvgIpc) is 2.69. The van der Waals surface area contributed by atoms with E-state index in [2.05, 4.69) is 17.2 Å². The van der Waals surface area contributed by atoms with Crippen LogP contribution in [0.2, 0.25) is 0 Å². The summed E-state index contributed by atoms with van der Waals surface area (Å²) in [6.07, 6.45) is 8.14. The second-order valence-electron chi connectivity index (χ2n) is 7.08. The highest BCUT2D eigenvalue weighted by Gasteiger charge is 2.23. The van der Waals surface area contributed by atoms with Crippen LogP contribution in [0.25, 0.3) is 0 Å². The van der Waals surface area contributed by atoms with Gasteiger partial charge in [0.2, 0.25) is 0 Å². The monoisotopic (exact) mass is 368 g/mol. The molecular formula is C22H28N2O3. The minimum Gasteiger partial charge on any atom is -0.490 e. The van der Waals surface area contributed by atoms with E-state index in [1.54, 1.807) is 24.5 Å². The Hall–Kier alpha value is -2.56. The highest BCUT2D eigenvalue weighted by atomic mass is 16.5. The van der Waals surface area contributed by atoms with Gasteiger partial charge < -0.3 is 14.8 Å². The first-order valence-corrected chi connectivity index (χ1v) is 9.76. The molecule has 144 valence electrons. The summed E-state index contributed by atoms with van der Waals surface area (Å²) in [7, 11) is 0. The molecule has 2 aromatic rings. The van der Waals surface area contributed by atoms with Gasteiger partial charge in [0.1, 0.15) is 6.61 Å². The van der Waals surface area contributed by atoms with E-state index in [9.17, 15) is 4.79 Å². The van der Waals surface area contributed by atoms with Gasteiger partial charge in [-0.15, -0.1) is 0 Å². The minimum absolute atomic E-state index is 0.0459. The number of hydrogen-bond acceptors (Lipinski definition) is 4. The standard InChI is InChI=1S/C22H28N2O3/c1-3-26-21-14-18(22(25)24-19-7-5-4-6-16(19)2)8-9-20(21)27-15-17-10-12-23-13-11-17/h8-14,16,19H,3-7,15H2,1-2H3,(H,24,25)/t16-,19+/m1/s1. The summed E-state index contributed by atoms with van der Waals surface area (Å²) in [6, 6.07) is 9.46. The number of amides is 1. The summed E-state index contributed by atoms with van der Waals surface area (Å²) in [6.45, 7) is 5.07. The van der Waals surface area contributed by atoms with E-state index in [0.717, 1.165) is 12.0 Å². The Balaban J connectivity index is 1.69. The molecule has 1 aliphatic carbocycles. The molecule has 2 atom stereocenters. The molecule has 5 nitrogen and oxygen atoms in total. The van der Waals surface area contributed by atoms with Crippen LogP contribution in [-0.4, -0.2) is 23.5 Å². The van der Waals surface area contributed by atoms with Crippen molar-refractivity contribution in [2.75, 3.05) is 6.61 Å². The predicted molar refractivity (Wildman–Crippen MR) is 105 cm³/mol. The fraction of sp³-hybridized carbons (Fsp3) is 0.455. The van der Waals surface area contributed by atoms with Gasteiger partial charge in [0, 0.05) is 24.0 Å². The van der Waals surface area contributed by atoms with Gasteiger partial charge in [0.15, 0.2) is 11.5 Å². The maximum Gasteiger partial charge on any atom is 0.251 e. The maximum atomic E-state index is 12.7. The number of carbonyl (C=O) groups is 1.